The summed E-state index contributed by atoms with van der Waals surface area (Å²) in [4.78, 5) is 0.264. The van der Waals surface area contributed by atoms with Crippen LogP contribution >= 0.6 is 27.5 Å². The molecule has 0 amide bonds. The standard InChI is InChI=1S/C15H16BrClN2O2S/c1-19(2)22(20,21)13-5-3-4-12(9-13)18-10-11-6-7-15(17)14(16)8-11/h3-9,18H,10H2,1-2H3. The Morgan fingerprint density at radius 1 is 1.18 bits per heavy atom. The highest BCUT2D eigenvalue weighted by molar-refractivity contribution is 9.10. The van der Waals surface area contributed by atoms with Gasteiger partial charge in [0.05, 0.1) is 9.92 Å². The predicted molar refractivity (Wildman–Crippen MR) is 93.8 cm³/mol. The number of halogens is 2. The molecular formula is C15H16BrClN2O2S. The molecule has 2 rings (SSSR count). The van der Waals surface area contributed by atoms with Gasteiger partial charge in [-0.3, -0.25) is 0 Å². The van der Waals surface area contributed by atoms with Crippen LogP contribution in [0, 0.1) is 0 Å². The molecule has 0 spiro atoms. The Bertz CT molecular complexity index is 779. The summed E-state index contributed by atoms with van der Waals surface area (Å²) in [7, 11) is -0.397. The molecule has 0 unspecified atom stereocenters. The van der Waals surface area contributed by atoms with Crippen LogP contribution in [0.3, 0.4) is 0 Å². The van der Waals surface area contributed by atoms with Gasteiger partial charge in [-0.05, 0) is 51.8 Å². The Kier molecular flexibility index (Phi) is 5.50. The molecule has 2 aromatic carbocycles. The number of sulfonamides is 1. The Hall–Kier alpha value is -1.08. The molecule has 2 aromatic rings. The van der Waals surface area contributed by atoms with Gasteiger partial charge < -0.3 is 5.32 Å². The minimum absolute atomic E-state index is 0.264. The molecule has 1 N–H and O–H groups in total. The van der Waals surface area contributed by atoms with E-state index in [-0.39, 0.29) is 4.90 Å². The van der Waals surface area contributed by atoms with Crippen molar-refractivity contribution in [2.45, 2.75) is 11.4 Å². The second kappa shape index (κ2) is 7.00. The Labute approximate surface area is 144 Å². The number of benzene rings is 2. The minimum atomic E-state index is -3.43. The van der Waals surface area contributed by atoms with Gasteiger partial charge in [0, 0.05) is 30.8 Å². The molecule has 22 heavy (non-hydrogen) atoms. The van der Waals surface area contributed by atoms with E-state index in [0.29, 0.717) is 11.6 Å². The first-order valence-corrected chi connectivity index (χ1v) is 9.12. The van der Waals surface area contributed by atoms with Crippen molar-refractivity contribution in [1.82, 2.24) is 4.31 Å². The molecule has 0 saturated carbocycles. The van der Waals surface area contributed by atoms with Gasteiger partial charge >= 0.3 is 0 Å². The normalized spacial score (nSPS) is 11.7. The summed E-state index contributed by atoms with van der Waals surface area (Å²) in [5.41, 5.74) is 1.78. The zero-order valence-electron chi connectivity index (χ0n) is 12.2. The van der Waals surface area contributed by atoms with Crippen molar-refractivity contribution in [3.8, 4) is 0 Å². The van der Waals surface area contributed by atoms with Crippen LogP contribution < -0.4 is 5.32 Å². The van der Waals surface area contributed by atoms with Crippen molar-refractivity contribution in [3.05, 3.63) is 57.5 Å². The van der Waals surface area contributed by atoms with E-state index < -0.39 is 10.0 Å². The number of nitrogens with zero attached hydrogens (tertiary/aromatic N) is 1. The molecule has 0 radical (unpaired) electrons. The summed E-state index contributed by atoms with van der Waals surface area (Å²) in [6.07, 6.45) is 0. The summed E-state index contributed by atoms with van der Waals surface area (Å²) < 4.78 is 26.3. The summed E-state index contributed by atoms with van der Waals surface area (Å²) in [5.74, 6) is 0. The number of hydrogen-bond acceptors (Lipinski definition) is 3. The fraction of sp³-hybridized carbons (Fsp3) is 0.200. The lowest BCUT2D eigenvalue weighted by Gasteiger charge is -2.13. The summed E-state index contributed by atoms with van der Waals surface area (Å²) >= 11 is 9.34. The molecule has 0 aliphatic heterocycles. The monoisotopic (exact) mass is 402 g/mol. The highest BCUT2D eigenvalue weighted by Crippen LogP contribution is 2.24. The van der Waals surface area contributed by atoms with E-state index in [1.54, 1.807) is 18.2 Å². The fourth-order valence-corrected chi connectivity index (χ4v) is 3.32. The van der Waals surface area contributed by atoms with Crippen LogP contribution in [-0.4, -0.2) is 26.8 Å². The third-order valence-electron chi connectivity index (χ3n) is 3.09. The summed E-state index contributed by atoms with van der Waals surface area (Å²) in [5, 5.41) is 3.87. The van der Waals surface area contributed by atoms with Crippen molar-refractivity contribution in [1.29, 1.82) is 0 Å². The molecule has 7 heteroatoms. The minimum Gasteiger partial charge on any atom is -0.381 e. The van der Waals surface area contributed by atoms with Gasteiger partial charge in [0.1, 0.15) is 0 Å². The van der Waals surface area contributed by atoms with Crippen molar-refractivity contribution in [2.24, 2.45) is 0 Å². The zero-order valence-corrected chi connectivity index (χ0v) is 15.3. The number of anilines is 1. The SMILES string of the molecule is CN(C)S(=O)(=O)c1cccc(NCc2ccc(Cl)c(Br)c2)c1. The van der Waals surface area contributed by atoms with Gasteiger partial charge in [0.15, 0.2) is 0 Å². The van der Waals surface area contributed by atoms with Crippen molar-refractivity contribution in [2.75, 3.05) is 19.4 Å². The van der Waals surface area contributed by atoms with Crippen molar-refractivity contribution in [3.63, 3.8) is 0 Å². The van der Waals surface area contributed by atoms with Crippen LogP contribution in [0.1, 0.15) is 5.56 Å². The van der Waals surface area contributed by atoms with E-state index in [1.807, 2.05) is 24.3 Å². The summed E-state index contributed by atoms with van der Waals surface area (Å²) in [6, 6.07) is 12.4. The van der Waals surface area contributed by atoms with Gasteiger partial charge in [0.2, 0.25) is 10.0 Å². The van der Waals surface area contributed by atoms with E-state index in [0.717, 1.165) is 15.7 Å². The molecule has 0 bridgehead atoms. The first kappa shape index (κ1) is 17.3. The zero-order chi connectivity index (χ0) is 16.3. The Balaban J connectivity index is 2.16. The maximum absolute atomic E-state index is 12.1. The van der Waals surface area contributed by atoms with Gasteiger partial charge in [-0.15, -0.1) is 0 Å². The van der Waals surface area contributed by atoms with Gasteiger partial charge in [-0.2, -0.15) is 0 Å². The van der Waals surface area contributed by atoms with E-state index in [1.165, 1.54) is 18.4 Å². The average molecular weight is 404 g/mol. The van der Waals surface area contributed by atoms with E-state index in [4.69, 9.17) is 11.6 Å². The smallest absolute Gasteiger partial charge is 0.242 e. The topological polar surface area (TPSA) is 49.4 Å². The molecule has 0 saturated heterocycles. The third kappa shape index (κ3) is 4.01. The van der Waals surface area contributed by atoms with Crippen LogP contribution in [0.5, 0.6) is 0 Å². The summed E-state index contributed by atoms with van der Waals surface area (Å²) in [6.45, 7) is 0.571. The molecule has 4 nitrogen and oxygen atoms in total. The van der Waals surface area contributed by atoms with Crippen molar-refractivity contribution >= 4 is 43.2 Å². The van der Waals surface area contributed by atoms with E-state index in [9.17, 15) is 8.42 Å². The maximum atomic E-state index is 12.1. The van der Waals surface area contributed by atoms with Gasteiger partial charge in [0.25, 0.3) is 0 Å². The van der Waals surface area contributed by atoms with Crippen LogP contribution in [-0.2, 0) is 16.6 Å². The van der Waals surface area contributed by atoms with Gasteiger partial charge in [-0.25, -0.2) is 12.7 Å². The molecule has 0 atom stereocenters. The lowest BCUT2D eigenvalue weighted by atomic mass is 10.2. The first-order valence-electron chi connectivity index (χ1n) is 6.51. The van der Waals surface area contributed by atoms with Crippen LogP contribution in [0.25, 0.3) is 0 Å². The highest BCUT2D eigenvalue weighted by Gasteiger charge is 2.17. The largest absolute Gasteiger partial charge is 0.381 e. The average Bonchev–Trinajstić information content (AvgIpc) is 2.48. The second-order valence-electron chi connectivity index (χ2n) is 4.92. The molecule has 0 aromatic heterocycles. The predicted octanol–water partition coefficient (Wildman–Crippen LogP) is 3.96. The molecular weight excluding hydrogens is 388 g/mol. The number of nitrogens with one attached hydrogen (secondary N) is 1. The third-order valence-corrected chi connectivity index (χ3v) is 6.12. The maximum Gasteiger partial charge on any atom is 0.242 e. The van der Waals surface area contributed by atoms with E-state index >= 15 is 0 Å². The van der Waals surface area contributed by atoms with Crippen molar-refractivity contribution < 1.29 is 8.42 Å². The quantitative estimate of drug-likeness (QED) is 0.822. The lowest BCUT2D eigenvalue weighted by molar-refractivity contribution is 0.521. The molecule has 0 aliphatic carbocycles. The molecule has 0 heterocycles. The molecule has 0 aliphatic rings. The number of rotatable bonds is 5. The molecule has 0 fully saturated rings. The fourth-order valence-electron chi connectivity index (χ4n) is 1.83. The van der Waals surface area contributed by atoms with E-state index in [2.05, 4.69) is 21.2 Å². The second-order valence-corrected chi connectivity index (χ2v) is 8.33. The Morgan fingerprint density at radius 2 is 1.91 bits per heavy atom. The van der Waals surface area contributed by atoms with Gasteiger partial charge in [-0.1, -0.05) is 23.7 Å². The van der Waals surface area contributed by atoms with Crippen LogP contribution in [0.15, 0.2) is 51.8 Å². The van der Waals surface area contributed by atoms with Crippen LogP contribution in [0.4, 0.5) is 5.69 Å². The Morgan fingerprint density at radius 3 is 2.55 bits per heavy atom. The molecule has 118 valence electrons. The first-order chi connectivity index (χ1) is 10.3. The number of hydrogen-bond donors (Lipinski definition) is 1. The lowest BCUT2D eigenvalue weighted by Crippen LogP contribution is -2.22. The highest BCUT2D eigenvalue weighted by atomic mass is 79.9. The van der Waals surface area contributed by atoms with Crippen LogP contribution in [0.2, 0.25) is 5.02 Å².